The van der Waals surface area contributed by atoms with Crippen molar-refractivity contribution in [2.75, 3.05) is 30.9 Å². The Balaban J connectivity index is 1.21. The molecule has 0 saturated heterocycles. The van der Waals surface area contributed by atoms with E-state index in [4.69, 9.17) is 14.7 Å². The lowest BCUT2D eigenvalue weighted by atomic mass is 10.1. The van der Waals surface area contributed by atoms with Crippen molar-refractivity contribution in [2.45, 2.75) is 24.5 Å². The molecule has 0 aliphatic carbocycles. The Hall–Kier alpha value is -3.89. The zero-order chi connectivity index (χ0) is 25.6. The minimum Gasteiger partial charge on any atom is -0.376 e. The first-order valence-corrected chi connectivity index (χ1v) is 13.7. The minimum atomic E-state index is -3.49. The molecular formula is C27H25N5O4S. The zero-order valence-electron chi connectivity index (χ0n) is 20.3. The van der Waals surface area contributed by atoms with Crippen molar-refractivity contribution in [1.29, 1.82) is 0 Å². The number of amides is 1. The summed E-state index contributed by atoms with van der Waals surface area (Å²) >= 11 is 0. The van der Waals surface area contributed by atoms with Crippen LogP contribution in [0.5, 0.6) is 0 Å². The number of nitrogens with zero attached hydrogens (tertiary/aromatic N) is 4. The molecule has 188 valence electrons. The highest BCUT2D eigenvalue weighted by molar-refractivity contribution is 7.91. The summed E-state index contributed by atoms with van der Waals surface area (Å²) in [4.78, 5) is 29.2. The van der Waals surface area contributed by atoms with E-state index in [2.05, 4.69) is 28.3 Å². The third-order valence-corrected chi connectivity index (χ3v) is 8.54. The van der Waals surface area contributed by atoms with Crippen LogP contribution in [0.4, 0.5) is 5.69 Å². The highest BCUT2D eigenvalue weighted by Gasteiger charge is 2.24. The van der Waals surface area contributed by atoms with Crippen molar-refractivity contribution in [2.24, 2.45) is 0 Å². The van der Waals surface area contributed by atoms with Crippen LogP contribution < -0.4 is 10.2 Å². The van der Waals surface area contributed by atoms with Gasteiger partial charge in [0.15, 0.2) is 9.84 Å². The van der Waals surface area contributed by atoms with Crippen LogP contribution in [0.3, 0.4) is 0 Å². The molecule has 1 aromatic carbocycles. The number of fused-ring (bicyclic) bond motifs is 3. The average Bonchev–Trinajstić information content (AvgIpc) is 3.21. The second-order valence-electron chi connectivity index (χ2n) is 9.28. The maximum atomic E-state index is 12.8. The van der Waals surface area contributed by atoms with Crippen molar-refractivity contribution >= 4 is 32.3 Å². The number of hydrogen-bond donors (Lipinski definition) is 1. The molecule has 1 N–H and O–H groups in total. The summed E-state index contributed by atoms with van der Waals surface area (Å²) in [6, 6.07) is 14.5. The molecule has 2 aliphatic heterocycles. The van der Waals surface area contributed by atoms with E-state index in [0.717, 1.165) is 46.6 Å². The average molecular weight is 516 g/mol. The maximum absolute atomic E-state index is 12.8. The molecule has 10 heteroatoms. The van der Waals surface area contributed by atoms with Gasteiger partial charge in [0.25, 0.3) is 5.91 Å². The molecule has 2 aliphatic rings. The molecule has 1 amide bonds. The summed E-state index contributed by atoms with van der Waals surface area (Å²) in [5, 5.41) is 3.72. The molecule has 0 atom stereocenters. The highest BCUT2D eigenvalue weighted by atomic mass is 32.2. The van der Waals surface area contributed by atoms with Gasteiger partial charge in [0.2, 0.25) is 0 Å². The zero-order valence-corrected chi connectivity index (χ0v) is 21.1. The van der Waals surface area contributed by atoms with Gasteiger partial charge in [-0.2, -0.15) is 0 Å². The third-order valence-electron chi connectivity index (χ3n) is 6.79. The van der Waals surface area contributed by atoms with Crippen LogP contribution in [0.2, 0.25) is 0 Å². The number of nitrogens with one attached hydrogen (secondary N) is 1. The number of likely N-dealkylation sites (N-methyl/N-ethyl adjacent to an activating group) is 1. The van der Waals surface area contributed by atoms with Gasteiger partial charge in [-0.1, -0.05) is 6.07 Å². The molecule has 4 aromatic rings. The first kappa shape index (κ1) is 23.5. The van der Waals surface area contributed by atoms with Gasteiger partial charge in [-0.3, -0.25) is 9.78 Å². The summed E-state index contributed by atoms with van der Waals surface area (Å²) < 4.78 is 30.4. The lowest BCUT2D eigenvalue weighted by Crippen LogP contribution is -2.23. The minimum absolute atomic E-state index is 0.0981. The number of rotatable bonds is 4. The first-order valence-electron chi connectivity index (χ1n) is 12.1. The van der Waals surface area contributed by atoms with Gasteiger partial charge in [-0.25, -0.2) is 18.4 Å². The van der Waals surface area contributed by atoms with Crippen molar-refractivity contribution in [3.63, 3.8) is 0 Å². The summed E-state index contributed by atoms with van der Waals surface area (Å²) in [6.45, 7) is 1.50. The van der Waals surface area contributed by atoms with Crippen LogP contribution in [0, 0.1) is 0 Å². The van der Waals surface area contributed by atoms with Crippen LogP contribution in [0.25, 0.3) is 22.3 Å². The van der Waals surface area contributed by atoms with Crippen LogP contribution in [-0.2, 0) is 34.1 Å². The van der Waals surface area contributed by atoms with E-state index >= 15 is 0 Å². The van der Waals surface area contributed by atoms with Gasteiger partial charge >= 0.3 is 0 Å². The van der Waals surface area contributed by atoms with E-state index in [-0.39, 0.29) is 41.9 Å². The Kier molecular flexibility index (Phi) is 5.85. The van der Waals surface area contributed by atoms with E-state index < -0.39 is 9.84 Å². The summed E-state index contributed by atoms with van der Waals surface area (Å²) in [6.07, 6.45) is 2.65. The van der Waals surface area contributed by atoms with E-state index in [9.17, 15) is 13.2 Å². The van der Waals surface area contributed by atoms with E-state index in [0.29, 0.717) is 11.3 Å². The monoisotopic (exact) mass is 515 g/mol. The molecule has 0 fully saturated rings. The van der Waals surface area contributed by atoms with Crippen molar-refractivity contribution < 1.29 is 17.9 Å². The fourth-order valence-corrected chi connectivity index (χ4v) is 6.09. The number of anilines is 1. The summed E-state index contributed by atoms with van der Waals surface area (Å²) in [7, 11) is -1.42. The van der Waals surface area contributed by atoms with Crippen LogP contribution in [0.15, 0.2) is 59.6 Å². The quantitative estimate of drug-likeness (QED) is 0.441. The number of ether oxygens (including phenoxy) is 1. The van der Waals surface area contributed by atoms with Crippen molar-refractivity contribution in [1.82, 2.24) is 20.3 Å². The molecule has 0 unspecified atom stereocenters. The topological polar surface area (TPSA) is 114 Å². The Morgan fingerprint density at radius 3 is 2.81 bits per heavy atom. The molecule has 3 aromatic heterocycles. The van der Waals surface area contributed by atoms with Gasteiger partial charge in [-0.05, 0) is 48.0 Å². The Labute approximate surface area is 214 Å². The van der Waals surface area contributed by atoms with Crippen LogP contribution in [-0.4, -0.2) is 55.2 Å². The first-order chi connectivity index (χ1) is 17.9. The molecule has 0 bridgehead atoms. The lowest BCUT2D eigenvalue weighted by Gasteiger charge is -2.11. The molecule has 37 heavy (non-hydrogen) atoms. The number of aromatic nitrogens is 3. The number of benzene rings is 1. The number of carbonyl (C=O) groups is 1. The Morgan fingerprint density at radius 1 is 1.08 bits per heavy atom. The van der Waals surface area contributed by atoms with Crippen LogP contribution in [0.1, 0.15) is 27.3 Å². The highest BCUT2D eigenvalue weighted by Crippen LogP contribution is 2.28. The molecule has 0 spiro atoms. The second-order valence-corrected chi connectivity index (χ2v) is 11.4. The normalized spacial score (nSPS) is 16.2. The van der Waals surface area contributed by atoms with Gasteiger partial charge < -0.3 is 15.0 Å². The fourth-order valence-electron chi connectivity index (χ4n) is 4.70. The fraction of sp³-hybridized carbons (Fsp3) is 0.259. The standard InChI is InChI=1S/C27H25N5O4S/c1-32-9-8-23-25(32)7-6-22(30-23)21-5-4-18-14-28-20(13-24(18)31-21)15-29-27(33)17-2-3-19-16-36-10-11-37(34,35)26(19)12-17/h2-7,12-14H,8-11,15-16H2,1H3,(H,29,33). The molecule has 5 heterocycles. The maximum Gasteiger partial charge on any atom is 0.251 e. The smallest absolute Gasteiger partial charge is 0.251 e. The molecule has 0 saturated carbocycles. The van der Waals surface area contributed by atoms with E-state index in [1.54, 1.807) is 18.3 Å². The van der Waals surface area contributed by atoms with Crippen molar-refractivity contribution in [3.8, 4) is 11.4 Å². The number of carbonyl (C=O) groups excluding carboxylic acids is 1. The third kappa shape index (κ3) is 4.54. The van der Waals surface area contributed by atoms with Gasteiger partial charge in [-0.15, -0.1) is 0 Å². The van der Waals surface area contributed by atoms with Crippen LogP contribution >= 0.6 is 0 Å². The predicted molar refractivity (Wildman–Crippen MR) is 139 cm³/mol. The molecule has 6 rings (SSSR count). The molecular weight excluding hydrogens is 490 g/mol. The Morgan fingerprint density at radius 2 is 1.92 bits per heavy atom. The summed E-state index contributed by atoms with van der Waals surface area (Å²) in [5.41, 5.74) is 6.09. The predicted octanol–water partition coefficient (Wildman–Crippen LogP) is 2.92. The molecule has 9 nitrogen and oxygen atoms in total. The SMILES string of the molecule is CN1CCc2nc(-c3ccc4cnc(CNC(=O)c5ccc6c(c5)S(=O)(=O)CCOC6)cc4n3)ccc21. The largest absolute Gasteiger partial charge is 0.376 e. The van der Waals surface area contributed by atoms with E-state index in [1.807, 2.05) is 24.3 Å². The summed E-state index contributed by atoms with van der Waals surface area (Å²) in [5.74, 6) is -0.474. The number of hydrogen-bond acceptors (Lipinski definition) is 8. The van der Waals surface area contributed by atoms with Crippen molar-refractivity contribution in [3.05, 3.63) is 77.2 Å². The number of sulfone groups is 1. The second kappa shape index (κ2) is 9.20. The van der Waals surface area contributed by atoms with Gasteiger partial charge in [0.05, 0.1) is 64.4 Å². The Bertz CT molecular complexity index is 1650. The van der Waals surface area contributed by atoms with E-state index in [1.165, 1.54) is 6.07 Å². The van der Waals surface area contributed by atoms with Gasteiger partial charge in [0, 0.05) is 37.2 Å². The van der Waals surface area contributed by atoms with Gasteiger partial charge in [0.1, 0.15) is 0 Å². The lowest BCUT2D eigenvalue weighted by molar-refractivity contribution is 0.0950. The number of pyridine rings is 3. The molecule has 0 radical (unpaired) electrons.